The van der Waals surface area contributed by atoms with Gasteiger partial charge >= 0.3 is 0 Å². The summed E-state index contributed by atoms with van der Waals surface area (Å²) >= 11 is 0. The third-order valence-corrected chi connectivity index (χ3v) is 4.05. The Morgan fingerprint density at radius 2 is 1.39 bits per heavy atom. The molecule has 0 amide bonds. The molecule has 3 rings (SSSR count). The topological polar surface area (TPSA) is 82.3 Å². The fourth-order valence-electron chi connectivity index (χ4n) is 2.44. The standard InChI is InChI=1S/C11H15NO.C4H11N.C3H8N2.C3H8.C2H6/c13-11(6-8-12-9-7-11)10-4-2-1-3-5-10;1-3-5-4-2;4-3-1-5-2-3;1-3-2;1-2/h1-5,12-13H,6-9H2;5H,3-4H2,1-2H3;3,5H,1-2,4H2;3H2,1-2H3;1-2H3. The lowest BCUT2D eigenvalue weighted by Gasteiger charge is -2.32. The maximum atomic E-state index is 10.3. The number of nitrogens with two attached hydrogens (primary N) is 1. The van der Waals surface area contributed by atoms with Gasteiger partial charge in [-0.15, -0.1) is 0 Å². The molecule has 5 nitrogen and oxygen atoms in total. The van der Waals surface area contributed by atoms with Crippen molar-refractivity contribution in [3.8, 4) is 0 Å². The number of piperidine rings is 1. The van der Waals surface area contributed by atoms with Crippen molar-refractivity contribution < 1.29 is 5.11 Å². The predicted molar refractivity (Wildman–Crippen MR) is 125 cm³/mol. The summed E-state index contributed by atoms with van der Waals surface area (Å²) < 4.78 is 0. The minimum atomic E-state index is -0.591. The Kier molecular flexibility index (Phi) is 21.7. The summed E-state index contributed by atoms with van der Waals surface area (Å²) in [5.74, 6) is 0. The molecule has 1 aromatic rings. The molecule has 6 N–H and O–H groups in total. The molecule has 0 bridgehead atoms. The SMILES string of the molecule is CC.CCC.CCNCC.NC1CNC1.OC1(c2ccccc2)CCNCC1. The van der Waals surface area contributed by atoms with Crippen LogP contribution in [-0.2, 0) is 5.60 Å². The molecule has 0 unspecified atom stereocenters. The van der Waals surface area contributed by atoms with E-state index >= 15 is 0 Å². The van der Waals surface area contributed by atoms with Crippen LogP contribution < -0.4 is 21.7 Å². The Morgan fingerprint density at radius 3 is 1.68 bits per heavy atom. The first kappa shape index (κ1) is 29.2. The average Bonchev–Trinajstić information content (AvgIpc) is 2.71. The van der Waals surface area contributed by atoms with Crippen LogP contribution in [0.4, 0.5) is 0 Å². The van der Waals surface area contributed by atoms with E-state index in [1.807, 2.05) is 44.2 Å². The Hall–Kier alpha value is -0.980. The first-order valence-corrected chi connectivity index (χ1v) is 11.2. The van der Waals surface area contributed by atoms with Crippen LogP contribution in [0, 0.1) is 0 Å². The lowest BCUT2D eigenvalue weighted by molar-refractivity contribution is 0.00594. The van der Waals surface area contributed by atoms with Gasteiger partial charge in [-0.05, 0) is 44.6 Å². The van der Waals surface area contributed by atoms with Crippen LogP contribution in [0.25, 0.3) is 0 Å². The highest BCUT2D eigenvalue weighted by molar-refractivity contribution is 5.22. The van der Waals surface area contributed by atoms with Crippen LogP contribution in [0.1, 0.15) is 66.4 Å². The molecule has 0 saturated carbocycles. The van der Waals surface area contributed by atoms with Crippen molar-refractivity contribution in [2.45, 2.75) is 72.4 Å². The van der Waals surface area contributed by atoms with Gasteiger partial charge in [0.25, 0.3) is 0 Å². The Labute approximate surface area is 174 Å². The van der Waals surface area contributed by atoms with E-state index in [0.29, 0.717) is 6.04 Å². The van der Waals surface area contributed by atoms with Crippen LogP contribution >= 0.6 is 0 Å². The molecule has 166 valence electrons. The zero-order valence-corrected chi connectivity index (χ0v) is 19.4. The van der Waals surface area contributed by atoms with Gasteiger partial charge in [0, 0.05) is 19.1 Å². The fraction of sp³-hybridized carbons (Fsp3) is 0.739. The van der Waals surface area contributed by atoms with E-state index in [4.69, 9.17) is 5.73 Å². The number of benzene rings is 1. The number of rotatable bonds is 3. The van der Waals surface area contributed by atoms with Crippen LogP contribution in [0.15, 0.2) is 30.3 Å². The third kappa shape index (κ3) is 15.0. The van der Waals surface area contributed by atoms with Gasteiger partial charge in [-0.3, -0.25) is 0 Å². The van der Waals surface area contributed by atoms with Gasteiger partial charge in [0.1, 0.15) is 0 Å². The van der Waals surface area contributed by atoms with Crippen molar-refractivity contribution in [3.63, 3.8) is 0 Å². The van der Waals surface area contributed by atoms with E-state index in [0.717, 1.165) is 57.7 Å². The quantitative estimate of drug-likeness (QED) is 0.542. The van der Waals surface area contributed by atoms with E-state index in [9.17, 15) is 5.11 Å². The molecule has 2 aliphatic rings. The van der Waals surface area contributed by atoms with E-state index in [1.54, 1.807) is 0 Å². The highest BCUT2D eigenvalue weighted by Crippen LogP contribution is 2.29. The van der Waals surface area contributed by atoms with Gasteiger partial charge in [0.2, 0.25) is 0 Å². The van der Waals surface area contributed by atoms with Crippen molar-refractivity contribution in [1.29, 1.82) is 0 Å². The van der Waals surface area contributed by atoms with Gasteiger partial charge < -0.3 is 26.8 Å². The van der Waals surface area contributed by atoms with Gasteiger partial charge in [0.05, 0.1) is 5.60 Å². The van der Waals surface area contributed by atoms with Gasteiger partial charge in [-0.2, -0.15) is 0 Å². The maximum absolute atomic E-state index is 10.3. The van der Waals surface area contributed by atoms with Gasteiger partial charge in [-0.25, -0.2) is 0 Å². The van der Waals surface area contributed by atoms with E-state index in [2.05, 4.69) is 43.6 Å². The lowest BCUT2D eigenvalue weighted by atomic mass is 9.85. The molecule has 2 saturated heterocycles. The molecule has 0 radical (unpaired) electrons. The highest BCUT2D eigenvalue weighted by atomic mass is 16.3. The van der Waals surface area contributed by atoms with Gasteiger partial charge in [0.15, 0.2) is 0 Å². The lowest BCUT2D eigenvalue weighted by Crippen LogP contribution is -2.52. The monoisotopic (exact) mass is 396 g/mol. The second-order valence-corrected chi connectivity index (χ2v) is 6.73. The number of nitrogens with one attached hydrogen (secondary N) is 3. The zero-order chi connectivity index (χ0) is 21.7. The molecule has 5 heteroatoms. The molecule has 28 heavy (non-hydrogen) atoms. The first-order chi connectivity index (χ1) is 13.5. The minimum Gasteiger partial charge on any atom is -0.385 e. The highest BCUT2D eigenvalue weighted by Gasteiger charge is 2.30. The Morgan fingerprint density at radius 1 is 0.964 bits per heavy atom. The molecule has 0 spiro atoms. The summed E-state index contributed by atoms with van der Waals surface area (Å²) in [7, 11) is 0. The zero-order valence-electron chi connectivity index (χ0n) is 19.4. The molecule has 1 aromatic carbocycles. The summed E-state index contributed by atoms with van der Waals surface area (Å²) in [5.41, 5.74) is 5.78. The smallest absolute Gasteiger partial charge is 0.0920 e. The summed E-state index contributed by atoms with van der Waals surface area (Å²) in [6.07, 6.45) is 2.88. The van der Waals surface area contributed by atoms with Crippen molar-refractivity contribution in [1.82, 2.24) is 16.0 Å². The van der Waals surface area contributed by atoms with Crippen LogP contribution in [-0.4, -0.2) is 50.4 Å². The average molecular weight is 397 g/mol. The summed E-state index contributed by atoms with van der Waals surface area (Å²) in [5, 5.41) is 19.7. The Balaban J connectivity index is 0. The fourth-order valence-corrected chi connectivity index (χ4v) is 2.44. The van der Waals surface area contributed by atoms with E-state index in [-0.39, 0.29) is 0 Å². The molecule has 2 heterocycles. The Bertz CT molecular complexity index is 402. The van der Waals surface area contributed by atoms with Crippen molar-refractivity contribution in [2.24, 2.45) is 5.73 Å². The largest absolute Gasteiger partial charge is 0.385 e. The van der Waals surface area contributed by atoms with Gasteiger partial charge in [-0.1, -0.05) is 78.3 Å². The minimum absolute atomic E-state index is 0.454. The van der Waals surface area contributed by atoms with E-state index in [1.165, 1.54) is 6.42 Å². The summed E-state index contributed by atoms with van der Waals surface area (Å²) in [4.78, 5) is 0. The summed E-state index contributed by atoms with van der Waals surface area (Å²) in [6, 6.07) is 10.4. The van der Waals surface area contributed by atoms with Crippen LogP contribution in [0.2, 0.25) is 0 Å². The maximum Gasteiger partial charge on any atom is 0.0920 e. The number of aliphatic hydroxyl groups is 1. The molecule has 0 aliphatic carbocycles. The second-order valence-electron chi connectivity index (χ2n) is 6.73. The number of hydrogen-bond acceptors (Lipinski definition) is 5. The predicted octanol–water partition coefficient (Wildman–Crippen LogP) is 3.23. The second kappa shape index (κ2) is 20.7. The van der Waals surface area contributed by atoms with Crippen LogP contribution in [0.3, 0.4) is 0 Å². The molecule has 2 aliphatic heterocycles. The third-order valence-electron chi connectivity index (χ3n) is 4.05. The molecule has 0 aromatic heterocycles. The normalized spacial score (nSPS) is 16.9. The molecule has 2 fully saturated rings. The van der Waals surface area contributed by atoms with E-state index < -0.39 is 5.60 Å². The molecular weight excluding hydrogens is 348 g/mol. The first-order valence-electron chi connectivity index (χ1n) is 11.2. The van der Waals surface area contributed by atoms with Crippen LogP contribution in [0.5, 0.6) is 0 Å². The van der Waals surface area contributed by atoms with Crippen molar-refractivity contribution in [3.05, 3.63) is 35.9 Å². The van der Waals surface area contributed by atoms with Crippen molar-refractivity contribution in [2.75, 3.05) is 39.3 Å². The number of hydrogen-bond donors (Lipinski definition) is 5. The van der Waals surface area contributed by atoms with Crippen molar-refractivity contribution >= 4 is 0 Å². The summed E-state index contributed by atoms with van der Waals surface area (Å²) in [6.45, 7) is 18.5. The molecule has 0 atom stereocenters. The molecular formula is C23H48N4O.